The molecular weight excluding hydrogens is 186 g/mol. The maximum absolute atomic E-state index is 10.2. The number of nitrogens with one attached hydrogen (secondary N) is 1. The highest BCUT2D eigenvalue weighted by atomic mass is 32.2. The van der Waals surface area contributed by atoms with Gasteiger partial charge in [-0.2, -0.15) is 0 Å². The Bertz CT molecular complexity index is 278. The van der Waals surface area contributed by atoms with E-state index in [4.69, 9.17) is 4.18 Å². The highest BCUT2D eigenvalue weighted by Gasteiger charge is 2.00. The topological polar surface area (TPSA) is 38.3 Å². The second-order valence-corrected chi connectivity index (χ2v) is 3.23. The van der Waals surface area contributed by atoms with Crippen molar-refractivity contribution in [3.63, 3.8) is 0 Å². The zero-order valence-electron chi connectivity index (χ0n) is 7.32. The molecule has 3 nitrogen and oxygen atoms in total. The molecule has 0 saturated carbocycles. The SMILES string of the molecule is CCSOc1ccccc1NC=O. The lowest BCUT2D eigenvalue weighted by Gasteiger charge is -2.06. The van der Waals surface area contributed by atoms with Crippen molar-refractivity contribution >= 4 is 24.1 Å². The summed E-state index contributed by atoms with van der Waals surface area (Å²) in [4.78, 5) is 10.2. The van der Waals surface area contributed by atoms with E-state index in [0.29, 0.717) is 17.8 Å². The molecule has 0 aliphatic rings. The number of para-hydroxylation sites is 2. The van der Waals surface area contributed by atoms with E-state index in [1.54, 1.807) is 6.07 Å². The number of carbonyl (C=O) groups excluding carboxylic acids is 1. The Kier molecular flexibility index (Phi) is 4.18. The van der Waals surface area contributed by atoms with Crippen LogP contribution in [-0.4, -0.2) is 12.2 Å². The van der Waals surface area contributed by atoms with Crippen molar-refractivity contribution in [2.75, 3.05) is 11.1 Å². The van der Waals surface area contributed by atoms with Crippen LogP contribution >= 0.6 is 12.0 Å². The van der Waals surface area contributed by atoms with Crippen molar-refractivity contribution < 1.29 is 8.98 Å². The molecule has 1 amide bonds. The minimum Gasteiger partial charge on any atom is -0.424 e. The van der Waals surface area contributed by atoms with Crippen LogP contribution in [0.25, 0.3) is 0 Å². The summed E-state index contributed by atoms with van der Waals surface area (Å²) >= 11 is 1.35. The third kappa shape index (κ3) is 2.99. The number of benzene rings is 1. The molecule has 13 heavy (non-hydrogen) atoms. The van der Waals surface area contributed by atoms with Crippen molar-refractivity contribution in [3.8, 4) is 5.75 Å². The summed E-state index contributed by atoms with van der Waals surface area (Å²) in [6.45, 7) is 2.00. The summed E-state index contributed by atoms with van der Waals surface area (Å²) in [6, 6.07) is 7.31. The predicted molar refractivity (Wildman–Crippen MR) is 54.9 cm³/mol. The molecule has 0 heterocycles. The molecule has 0 fully saturated rings. The number of hydrogen-bond acceptors (Lipinski definition) is 3. The Hall–Kier alpha value is -1.16. The Morgan fingerprint density at radius 2 is 2.31 bits per heavy atom. The molecular formula is C9H11NO2S. The van der Waals surface area contributed by atoms with Gasteiger partial charge in [-0.25, -0.2) is 0 Å². The lowest BCUT2D eigenvalue weighted by molar-refractivity contribution is -0.105. The molecule has 1 aromatic rings. The fourth-order valence-electron chi connectivity index (χ4n) is 0.844. The lowest BCUT2D eigenvalue weighted by Crippen LogP contribution is -1.96. The van der Waals surface area contributed by atoms with E-state index in [0.717, 1.165) is 5.75 Å². The van der Waals surface area contributed by atoms with Gasteiger partial charge < -0.3 is 9.50 Å². The molecule has 0 spiro atoms. The van der Waals surface area contributed by atoms with Crippen LogP contribution in [-0.2, 0) is 4.79 Å². The van der Waals surface area contributed by atoms with Gasteiger partial charge in [-0.15, -0.1) is 0 Å². The van der Waals surface area contributed by atoms with Crippen molar-refractivity contribution in [2.45, 2.75) is 6.92 Å². The largest absolute Gasteiger partial charge is 0.424 e. The van der Waals surface area contributed by atoms with Crippen LogP contribution in [0.3, 0.4) is 0 Å². The number of carbonyl (C=O) groups is 1. The number of amides is 1. The molecule has 1 N–H and O–H groups in total. The molecule has 0 bridgehead atoms. The summed E-state index contributed by atoms with van der Waals surface area (Å²) in [6.07, 6.45) is 0.638. The van der Waals surface area contributed by atoms with Gasteiger partial charge in [0.2, 0.25) is 6.41 Å². The summed E-state index contributed by atoms with van der Waals surface area (Å²) in [5, 5.41) is 2.57. The molecule has 0 unspecified atom stereocenters. The van der Waals surface area contributed by atoms with Gasteiger partial charge >= 0.3 is 0 Å². The summed E-state index contributed by atoms with van der Waals surface area (Å²) in [5.41, 5.74) is 0.693. The van der Waals surface area contributed by atoms with Crippen LogP contribution in [0.2, 0.25) is 0 Å². The molecule has 0 aromatic heterocycles. The van der Waals surface area contributed by atoms with E-state index in [-0.39, 0.29) is 0 Å². The van der Waals surface area contributed by atoms with Gasteiger partial charge in [0.15, 0.2) is 5.75 Å². The second kappa shape index (κ2) is 5.48. The molecule has 0 aliphatic carbocycles. The van der Waals surface area contributed by atoms with Crippen LogP contribution < -0.4 is 9.50 Å². The van der Waals surface area contributed by atoms with E-state index in [1.807, 2.05) is 25.1 Å². The van der Waals surface area contributed by atoms with Crippen molar-refractivity contribution in [1.82, 2.24) is 0 Å². The van der Waals surface area contributed by atoms with Crippen molar-refractivity contribution in [3.05, 3.63) is 24.3 Å². The smallest absolute Gasteiger partial charge is 0.211 e. The first-order valence-corrected chi connectivity index (χ1v) is 4.88. The Morgan fingerprint density at radius 1 is 1.54 bits per heavy atom. The minimum absolute atomic E-state index is 0.638. The first kappa shape index (κ1) is 9.92. The molecule has 1 aromatic carbocycles. The fraction of sp³-hybridized carbons (Fsp3) is 0.222. The zero-order chi connectivity index (χ0) is 9.52. The molecule has 0 radical (unpaired) electrons. The lowest BCUT2D eigenvalue weighted by atomic mass is 10.3. The van der Waals surface area contributed by atoms with Crippen molar-refractivity contribution in [2.24, 2.45) is 0 Å². The molecule has 70 valence electrons. The van der Waals surface area contributed by atoms with E-state index in [2.05, 4.69) is 5.32 Å². The third-order valence-corrected chi connectivity index (χ3v) is 1.90. The summed E-state index contributed by atoms with van der Waals surface area (Å²) < 4.78 is 5.33. The average molecular weight is 197 g/mol. The first-order chi connectivity index (χ1) is 6.38. The van der Waals surface area contributed by atoms with E-state index >= 15 is 0 Å². The fourth-order valence-corrected chi connectivity index (χ4v) is 1.23. The molecule has 0 atom stereocenters. The van der Waals surface area contributed by atoms with Crippen LogP contribution in [0.4, 0.5) is 5.69 Å². The van der Waals surface area contributed by atoms with Gasteiger partial charge in [0, 0.05) is 5.75 Å². The third-order valence-electron chi connectivity index (χ3n) is 1.37. The van der Waals surface area contributed by atoms with Gasteiger partial charge in [-0.05, 0) is 12.1 Å². The summed E-state index contributed by atoms with van der Waals surface area (Å²) in [5.74, 6) is 1.55. The number of anilines is 1. The first-order valence-electron chi connectivity index (χ1n) is 3.97. The predicted octanol–water partition coefficient (Wildman–Crippen LogP) is 2.30. The van der Waals surface area contributed by atoms with E-state index < -0.39 is 0 Å². The van der Waals surface area contributed by atoms with Crippen LogP contribution in [0.1, 0.15) is 6.92 Å². The standard InChI is InChI=1S/C9H11NO2S/c1-2-13-12-9-6-4-3-5-8(9)10-7-11/h3-7H,2H2,1H3,(H,10,11). The highest BCUT2D eigenvalue weighted by Crippen LogP contribution is 2.26. The summed E-state index contributed by atoms with van der Waals surface area (Å²) in [7, 11) is 0. The Labute approximate surface area is 81.7 Å². The number of hydrogen-bond donors (Lipinski definition) is 1. The number of rotatable bonds is 5. The maximum Gasteiger partial charge on any atom is 0.211 e. The normalized spacial score (nSPS) is 9.31. The van der Waals surface area contributed by atoms with Crippen LogP contribution in [0.15, 0.2) is 24.3 Å². The Morgan fingerprint density at radius 3 is 3.00 bits per heavy atom. The van der Waals surface area contributed by atoms with Crippen LogP contribution in [0, 0.1) is 0 Å². The maximum atomic E-state index is 10.2. The van der Waals surface area contributed by atoms with E-state index in [1.165, 1.54) is 12.0 Å². The highest BCUT2D eigenvalue weighted by molar-refractivity contribution is 7.94. The molecule has 0 saturated heterocycles. The monoisotopic (exact) mass is 197 g/mol. The van der Waals surface area contributed by atoms with Gasteiger partial charge in [-0.1, -0.05) is 19.1 Å². The minimum atomic E-state index is 0.638. The second-order valence-electron chi connectivity index (χ2n) is 2.25. The van der Waals surface area contributed by atoms with Crippen molar-refractivity contribution in [1.29, 1.82) is 0 Å². The van der Waals surface area contributed by atoms with Gasteiger partial charge in [0.25, 0.3) is 0 Å². The molecule has 0 aliphatic heterocycles. The van der Waals surface area contributed by atoms with Gasteiger partial charge in [-0.3, -0.25) is 4.79 Å². The molecule has 1 rings (SSSR count). The Balaban J connectivity index is 2.71. The molecule has 4 heteroatoms. The zero-order valence-corrected chi connectivity index (χ0v) is 8.14. The van der Waals surface area contributed by atoms with Gasteiger partial charge in [0.1, 0.15) is 0 Å². The average Bonchev–Trinajstić information content (AvgIpc) is 2.17. The van der Waals surface area contributed by atoms with E-state index in [9.17, 15) is 4.79 Å². The quantitative estimate of drug-likeness (QED) is 0.581. The van der Waals surface area contributed by atoms with Crippen LogP contribution in [0.5, 0.6) is 5.75 Å². The van der Waals surface area contributed by atoms with Gasteiger partial charge in [0.05, 0.1) is 17.7 Å².